The topological polar surface area (TPSA) is 197 Å². The van der Waals surface area contributed by atoms with Gasteiger partial charge >= 0.3 is 0 Å². The lowest BCUT2D eigenvalue weighted by molar-refractivity contribution is -0.118. The number of pyridine rings is 2. The monoisotopic (exact) mass is 796 g/mol. The number of para-hydroxylation sites is 2. The molecule has 8 heterocycles. The molecule has 0 bridgehead atoms. The number of fused-ring (bicyclic) bond motifs is 8. The quantitative estimate of drug-likeness (QED) is 0.130. The Morgan fingerprint density at radius 1 is 0.650 bits per heavy atom. The molecule has 0 radical (unpaired) electrons. The van der Waals surface area contributed by atoms with Crippen LogP contribution in [-0.2, 0) is 22.7 Å². The van der Waals surface area contributed by atoms with Crippen LogP contribution < -0.4 is 22.1 Å². The fourth-order valence-corrected chi connectivity index (χ4v) is 9.21. The number of carbonyl (C=O) groups excluding carboxylic acids is 2. The van der Waals surface area contributed by atoms with Crippen molar-refractivity contribution in [3.8, 4) is 22.3 Å². The number of nitrogens with one attached hydrogen (secondary N) is 2. The van der Waals surface area contributed by atoms with E-state index in [9.17, 15) is 9.59 Å². The van der Waals surface area contributed by atoms with Crippen LogP contribution in [0.2, 0.25) is 0 Å². The summed E-state index contributed by atoms with van der Waals surface area (Å²) in [7, 11) is 0. The number of carbonyl (C=O) groups is 2. The van der Waals surface area contributed by atoms with Crippen LogP contribution in [0, 0.1) is 0 Å². The van der Waals surface area contributed by atoms with Crippen LogP contribution in [0.1, 0.15) is 49.9 Å². The number of amides is 2. The van der Waals surface area contributed by atoms with E-state index in [2.05, 4.69) is 101 Å². The Kier molecular flexibility index (Phi) is 9.74. The molecule has 8 aromatic rings. The van der Waals surface area contributed by atoms with E-state index < -0.39 is 0 Å². The first kappa shape index (κ1) is 38.1. The van der Waals surface area contributed by atoms with Crippen LogP contribution >= 0.6 is 0 Å². The van der Waals surface area contributed by atoms with Gasteiger partial charge in [-0.2, -0.15) is 0 Å². The summed E-state index contributed by atoms with van der Waals surface area (Å²) in [6.45, 7) is 12.7. The molecule has 14 nitrogen and oxygen atoms in total. The van der Waals surface area contributed by atoms with Crippen molar-refractivity contribution in [3.63, 3.8) is 0 Å². The number of benzene rings is 2. The zero-order valence-electron chi connectivity index (χ0n) is 33.3. The van der Waals surface area contributed by atoms with Gasteiger partial charge in [0.25, 0.3) is 0 Å². The summed E-state index contributed by atoms with van der Waals surface area (Å²) in [6.07, 6.45) is 11.0. The molecule has 0 saturated heterocycles. The molecular formula is C46H44N12O2. The molecule has 6 N–H and O–H groups in total. The van der Waals surface area contributed by atoms with E-state index in [0.717, 1.165) is 90.4 Å². The third-order valence-corrected chi connectivity index (χ3v) is 11.7. The summed E-state index contributed by atoms with van der Waals surface area (Å²) in [5.74, 6) is 0.932. The fraction of sp³-hybridized carbons (Fsp3) is 0.217. The fourth-order valence-electron chi connectivity index (χ4n) is 9.21. The molecule has 2 aliphatic rings. The minimum Gasteiger partial charge on any atom is -0.383 e. The Morgan fingerprint density at radius 3 is 1.48 bits per heavy atom. The Hall–Kier alpha value is -7.48. The number of nitrogen functional groups attached to an aromatic ring is 2. The number of nitrogens with zero attached hydrogens (tertiary/aromatic N) is 8. The van der Waals surface area contributed by atoms with Crippen LogP contribution in [0.25, 0.3) is 66.1 Å². The highest BCUT2D eigenvalue weighted by atomic mass is 16.2. The zero-order valence-corrected chi connectivity index (χ0v) is 33.3. The standard InChI is InChI=1S/2C23H22N6O/c2*1-3-18(30)28-16-8-13(2)21-19(15-9-14-6-4-5-7-17(14)25-10-15)20-22(24)26-12-27-23(20)29(21)11-16/h2*3-7,9-10,12-13,16H,1,8,11H2,2H3,(H,28,30)(H2,24,26,27)/t13-,16+;13-,16-/m10/s1. The minimum absolute atomic E-state index is 0.00707. The molecular weight excluding hydrogens is 753 g/mol. The van der Waals surface area contributed by atoms with Crippen molar-refractivity contribution in [1.82, 2.24) is 49.7 Å². The summed E-state index contributed by atoms with van der Waals surface area (Å²) in [5, 5.41) is 9.87. The van der Waals surface area contributed by atoms with Crippen molar-refractivity contribution in [2.75, 3.05) is 11.5 Å². The second-order valence-electron chi connectivity index (χ2n) is 15.6. The Labute approximate surface area is 345 Å². The number of hydrogen-bond donors (Lipinski definition) is 4. The summed E-state index contributed by atoms with van der Waals surface area (Å²) >= 11 is 0. The second-order valence-corrected chi connectivity index (χ2v) is 15.6. The zero-order chi connectivity index (χ0) is 41.7. The predicted molar refractivity (Wildman–Crippen MR) is 236 cm³/mol. The molecule has 0 spiro atoms. The molecule has 2 aromatic carbocycles. The van der Waals surface area contributed by atoms with Gasteiger partial charge in [0.2, 0.25) is 11.8 Å². The lowest BCUT2D eigenvalue weighted by Crippen LogP contribution is -2.41. The van der Waals surface area contributed by atoms with E-state index in [0.29, 0.717) is 24.7 Å². The van der Waals surface area contributed by atoms with Gasteiger partial charge in [-0.05, 0) is 61.1 Å². The molecule has 0 saturated carbocycles. The predicted octanol–water partition coefficient (Wildman–Crippen LogP) is 6.81. The molecule has 0 unspecified atom stereocenters. The molecule has 6 aromatic heterocycles. The maximum absolute atomic E-state index is 11.9. The normalized spacial score (nSPS) is 18.3. The molecule has 60 heavy (non-hydrogen) atoms. The third-order valence-electron chi connectivity index (χ3n) is 11.7. The molecule has 14 heteroatoms. The summed E-state index contributed by atoms with van der Waals surface area (Å²) < 4.78 is 4.33. The average Bonchev–Trinajstić information content (AvgIpc) is 3.79. The maximum Gasteiger partial charge on any atom is 0.243 e. The summed E-state index contributed by atoms with van der Waals surface area (Å²) in [6, 6.07) is 20.4. The van der Waals surface area contributed by atoms with Crippen molar-refractivity contribution in [2.24, 2.45) is 0 Å². The highest BCUT2D eigenvalue weighted by Crippen LogP contribution is 2.45. The van der Waals surface area contributed by atoms with Gasteiger partial charge in [-0.15, -0.1) is 0 Å². The highest BCUT2D eigenvalue weighted by Gasteiger charge is 2.34. The first-order valence-corrected chi connectivity index (χ1v) is 19.9. The number of rotatable bonds is 6. The van der Waals surface area contributed by atoms with Crippen molar-refractivity contribution in [3.05, 3.63) is 122 Å². The van der Waals surface area contributed by atoms with E-state index in [1.54, 1.807) is 0 Å². The number of hydrogen-bond acceptors (Lipinski definition) is 10. The molecule has 0 fully saturated rings. The minimum atomic E-state index is -0.166. The van der Waals surface area contributed by atoms with E-state index >= 15 is 0 Å². The Balaban J connectivity index is 0.000000154. The van der Waals surface area contributed by atoms with Crippen LogP contribution in [0.4, 0.5) is 11.6 Å². The lowest BCUT2D eigenvalue weighted by Gasteiger charge is -2.30. The van der Waals surface area contributed by atoms with Crippen LogP contribution in [0.3, 0.4) is 0 Å². The maximum atomic E-state index is 11.9. The third kappa shape index (κ3) is 6.65. The average molecular weight is 797 g/mol. The number of anilines is 2. The van der Waals surface area contributed by atoms with Crippen molar-refractivity contribution in [2.45, 2.75) is 63.7 Å². The van der Waals surface area contributed by atoms with E-state index in [1.807, 2.05) is 48.8 Å². The van der Waals surface area contributed by atoms with Gasteiger partial charge in [-0.25, -0.2) is 19.9 Å². The van der Waals surface area contributed by atoms with E-state index in [-0.39, 0.29) is 35.7 Å². The lowest BCUT2D eigenvalue weighted by atomic mass is 9.89. The van der Waals surface area contributed by atoms with Crippen molar-refractivity contribution >= 4 is 67.3 Å². The largest absolute Gasteiger partial charge is 0.383 e. The van der Waals surface area contributed by atoms with Gasteiger partial charge in [0, 0.05) is 82.0 Å². The van der Waals surface area contributed by atoms with Gasteiger partial charge in [0.15, 0.2) is 0 Å². The summed E-state index contributed by atoms with van der Waals surface area (Å²) in [5.41, 5.74) is 22.5. The smallest absolute Gasteiger partial charge is 0.243 e. The highest BCUT2D eigenvalue weighted by molar-refractivity contribution is 6.05. The first-order valence-electron chi connectivity index (χ1n) is 19.9. The first-order chi connectivity index (χ1) is 29.1. The van der Waals surface area contributed by atoms with Crippen LogP contribution in [-0.4, -0.2) is 62.9 Å². The molecule has 4 atom stereocenters. The molecule has 300 valence electrons. The van der Waals surface area contributed by atoms with Gasteiger partial charge in [0.05, 0.1) is 21.8 Å². The molecule has 2 aliphatic heterocycles. The van der Waals surface area contributed by atoms with E-state index in [1.165, 1.54) is 24.8 Å². The molecule has 10 rings (SSSR count). The van der Waals surface area contributed by atoms with Gasteiger partial charge in [-0.3, -0.25) is 19.6 Å². The van der Waals surface area contributed by atoms with Gasteiger partial charge < -0.3 is 31.2 Å². The molecule has 2 amide bonds. The van der Waals surface area contributed by atoms with Gasteiger partial charge in [-0.1, -0.05) is 63.4 Å². The number of aromatic nitrogens is 8. The Morgan fingerprint density at radius 2 is 1.07 bits per heavy atom. The molecule has 0 aliphatic carbocycles. The SMILES string of the molecule is C=CC(=O)N[C@H]1C[C@@H](C)c2c(-c3cnc4ccccc4c3)c3c(N)ncnc3n2C1.C=CC(=O)N[C@H]1C[C@H](C)c2c(-c3cnc4ccccc4c3)c3c(N)ncnc3n2C1. The second kappa shape index (κ2) is 15.4. The van der Waals surface area contributed by atoms with Crippen molar-refractivity contribution in [1.29, 1.82) is 0 Å². The van der Waals surface area contributed by atoms with Gasteiger partial charge in [0.1, 0.15) is 35.6 Å². The van der Waals surface area contributed by atoms with Crippen LogP contribution in [0.15, 0.2) is 111 Å². The van der Waals surface area contributed by atoms with Crippen LogP contribution in [0.5, 0.6) is 0 Å². The Bertz CT molecular complexity index is 2820. The summed E-state index contributed by atoms with van der Waals surface area (Å²) in [4.78, 5) is 50.7. The van der Waals surface area contributed by atoms with Crippen molar-refractivity contribution < 1.29 is 9.59 Å². The number of nitrogens with two attached hydrogens (primary N) is 2. The van der Waals surface area contributed by atoms with E-state index in [4.69, 9.17) is 11.5 Å².